The fraction of sp³-hybridized carbons (Fsp3) is 0.261. The lowest BCUT2D eigenvalue weighted by atomic mass is 9.96. The van der Waals surface area contributed by atoms with Crippen LogP contribution in [-0.2, 0) is 12.8 Å². The lowest BCUT2D eigenvalue weighted by Crippen LogP contribution is -2.14. The predicted molar refractivity (Wildman–Crippen MR) is 114 cm³/mol. The van der Waals surface area contributed by atoms with Gasteiger partial charge in [-0.2, -0.15) is 9.50 Å². The Labute approximate surface area is 169 Å². The highest BCUT2D eigenvalue weighted by molar-refractivity contribution is 5.70. The summed E-state index contributed by atoms with van der Waals surface area (Å²) in [5.41, 5.74) is 5.40. The van der Waals surface area contributed by atoms with Gasteiger partial charge in [-0.1, -0.05) is 36.4 Å². The fourth-order valence-corrected chi connectivity index (χ4v) is 3.93. The number of aromatic nitrogens is 4. The first-order valence-corrected chi connectivity index (χ1v) is 9.98. The Morgan fingerprint density at radius 2 is 1.83 bits per heavy atom. The molecule has 0 spiro atoms. The summed E-state index contributed by atoms with van der Waals surface area (Å²) in [6, 6.07) is 16.1. The van der Waals surface area contributed by atoms with Crippen LogP contribution in [0.1, 0.15) is 29.7 Å². The molecule has 29 heavy (non-hydrogen) atoms. The molecule has 4 aromatic rings. The van der Waals surface area contributed by atoms with Gasteiger partial charge in [0, 0.05) is 11.1 Å². The second kappa shape index (κ2) is 7.20. The highest BCUT2D eigenvalue weighted by Gasteiger charge is 2.22. The van der Waals surface area contributed by atoms with Crippen LogP contribution in [0.4, 0.5) is 11.5 Å². The van der Waals surface area contributed by atoms with E-state index in [1.807, 2.05) is 47.0 Å². The normalized spacial score (nSPS) is 13.3. The molecule has 6 nitrogen and oxygen atoms in total. The Kier molecular flexibility index (Phi) is 4.39. The summed E-state index contributed by atoms with van der Waals surface area (Å²) in [7, 11) is 1.69. The van der Waals surface area contributed by atoms with Crippen molar-refractivity contribution < 1.29 is 4.74 Å². The average Bonchev–Trinajstić information content (AvgIpc) is 3.18. The first kappa shape index (κ1) is 17.7. The number of rotatable bonds is 4. The molecule has 6 heteroatoms. The van der Waals surface area contributed by atoms with Gasteiger partial charge >= 0.3 is 0 Å². The number of nitrogens with zero attached hydrogens (tertiary/aromatic N) is 4. The standard InChI is InChI=1S/C23H23N5O/c1-15-12-13-20(29-2)19(14-15)24-22-17-10-6-7-11-18(17)25-23-26-21(27-28(22)23)16-8-4-3-5-9-16/h3-5,8-9,12-14,24H,6-7,10-11H2,1-2H3. The van der Waals surface area contributed by atoms with Gasteiger partial charge < -0.3 is 10.1 Å². The SMILES string of the molecule is COc1ccc(C)cc1Nc1c2c(nc3nc(-c4ccccc4)nn13)CCCC2. The van der Waals surface area contributed by atoms with Gasteiger partial charge in [0.1, 0.15) is 11.6 Å². The van der Waals surface area contributed by atoms with Crippen LogP contribution >= 0.6 is 0 Å². The third kappa shape index (κ3) is 3.20. The molecule has 1 aliphatic carbocycles. The van der Waals surface area contributed by atoms with Crippen LogP contribution in [0.5, 0.6) is 5.75 Å². The minimum Gasteiger partial charge on any atom is -0.495 e. The van der Waals surface area contributed by atoms with Crippen molar-refractivity contribution in [2.75, 3.05) is 12.4 Å². The van der Waals surface area contributed by atoms with E-state index >= 15 is 0 Å². The van der Waals surface area contributed by atoms with Crippen molar-refractivity contribution in [3.8, 4) is 17.1 Å². The molecule has 0 aliphatic heterocycles. The van der Waals surface area contributed by atoms with Crippen LogP contribution in [0.25, 0.3) is 17.2 Å². The molecule has 1 aliphatic rings. The Morgan fingerprint density at radius 3 is 2.66 bits per heavy atom. The molecular weight excluding hydrogens is 362 g/mol. The Balaban J connectivity index is 1.70. The molecule has 1 N–H and O–H groups in total. The number of fused-ring (bicyclic) bond motifs is 2. The second-order valence-electron chi connectivity index (χ2n) is 7.43. The lowest BCUT2D eigenvalue weighted by molar-refractivity contribution is 0.416. The molecule has 0 saturated carbocycles. The fourth-order valence-electron chi connectivity index (χ4n) is 3.93. The number of benzene rings is 2. The van der Waals surface area contributed by atoms with E-state index in [2.05, 4.69) is 18.3 Å². The molecule has 0 unspecified atom stereocenters. The molecule has 0 atom stereocenters. The maximum absolute atomic E-state index is 5.58. The van der Waals surface area contributed by atoms with E-state index in [1.165, 1.54) is 5.56 Å². The molecule has 146 valence electrons. The van der Waals surface area contributed by atoms with Crippen LogP contribution in [0.3, 0.4) is 0 Å². The van der Waals surface area contributed by atoms with Gasteiger partial charge in [-0.15, -0.1) is 5.10 Å². The summed E-state index contributed by atoms with van der Waals surface area (Å²) in [5.74, 6) is 3.04. The number of hydrogen-bond donors (Lipinski definition) is 1. The summed E-state index contributed by atoms with van der Waals surface area (Å²) in [4.78, 5) is 9.57. The van der Waals surface area contributed by atoms with E-state index in [4.69, 9.17) is 19.8 Å². The van der Waals surface area contributed by atoms with Gasteiger partial charge in [0.2, 0.25) is 0 Å². The minimum atomic E-state index is 0.624. The summed E-state index contributed by atoms with van der Waals surface area (Å²) in [5, 5.41) is 8.40. The Morgan fingerprint density at radius 1 is 1.00 bits per heavy atom. The topological polar surface area (TPSA) is 64.3 Å². The summed E-state index contributed by atoms with van der Waals surface area (Å²) >= 11 is 0. The third-order valence-corrected chi connectivity index (χ3v) is 5.40. The summed E-state index contributed by atoms with van der Waals surface area (Å²) in [6.45, 7) is 2.07. The van der Waals surface area contributed by atoms with E-state index in [0.717, 1.165) is 59.8 Å². The van der Waals surface area contributed by atoms with E-state index in [1.54, 1.807) is 7.11 Å². The molecule has 0 radical (unpaired) electrons. The first-order chi connectivity index (χ1) is 14.2. The van der Waals surface area contributed by atoms with Gasteiger partial charge in [0.05, 0.1) is 18.5 Å². The van der Waals surface area contributed by atoms with E-state index in [0.29, 0.717) is 11.6 Å². The first-order valence-electron chi connectivity index (χ1n) is 9.98. The van der Waals surface area contributed by atoms with Gasteiger partial charge in [0.15, 0.2) is 5.82 Å². The van der Waals surface area contributed by atoms with E-state index < -0.39 is 0 Å². The van der Waals surface area contributed by atoms with Gasteiger partial charge in [-0.05, 0) is 50.3 Å². The number of aryl methyl sites for hydroxylation is 2. The molecule has 0 saturated heterocycles. The summed E-state index contributed by atoms with van der Waals surface area (Å²) < 4.78 is 7.42. The average molecular weight is 385 g/mol. The Hall–Kier alpha value is -3.41. The zero-order valence-electron chi connectivity index (χ0n) is 16.6. The van der Waals surface area contributed by atoms with E-state index in [-0.39, 0.29) is 0 Å². The number of ether oxygens (including phenoxy) is 1. The zero-order valence-corrected chi connectivity index (χ0v) is 16.6. The molecule has 0 bridgehead atoms. The largest absolute Gasteiger partial charge is 0.495 e. The van der Waals surface area contributed by atoms with Crippen molar-refractivity contribution in [1.82, 2.24) is 19.6 Å². The third-order valence-electron chi connectivity index (χ3n) is 5.40. The molecule has 0 amide bonds. The highest BCUT2D eigenvalue weighted by atomic mass is 16.5. The monoisotopic (exact) mass is 385 g/mol. The van der Waals surface area contributed by atoms with Crippen molar-refractivity contribution >= 4 is 17.3 Å². The van der Waals surface area contributed by atoms with Gasteiger partial charge in [0.25, 0.3) is 5.78 Å². The van der Waals surface area contributed by atoms with Crippen LogP contribution in [0.15, 0.2) is 48.5 Å². The van der Waals surface area contributed by atoms with Crippen molar-refractivity contribution in [2.24, 2.45) is 0 Å². The van der Waals surface area contributed by atoms with Crippen molar-refractivity contribution in [3.05, 3.63) is 65.4 Å². The van der Waals surface area contributed by atoms with Crippen molar-refractivity contribution in [1.29, 1.82) is 0 Å². The molecule has 2 heterocycles. The number of methoxy groups -OCH3 is 1. The Bertz CT molecular complexity index is 1180. The smallest absolute Gasteiger partial charge is 0.254 e. The molecule has 2 aromatic heterocycles. The quantitative estimate of drug-likeness (QED) is 0.550. The van der Waals surface area contributed by atoms with Gasteiger partial charge in [-0.25, -0.2) is 4.98 Å². The van der Waals surface area contributed by atoms with Crippen LogP contribution < -0.4 is 10.1 Å². The zero-order chi connectivity index (χ0) is 19.8. The summed E-state index contributed by atoms with van der Waals surface area (Å²) in [6.07, 6.45) is 4.26. The molecular formula is C23H23N5O. The maximum Gasteiger partial charge on any atom is 0.254 e. The maximum atomic E-state index is 5.58. The number of hydrogen-bond acceptors (Lipinski definition) is 5. The molecule has 5 rings (SSSR count). The van der Waals surface area contributed by atoms with Crippen molar-refractivity contribution in [3.63, 3.8) is 0 Å². The predicted octanol–water partition coefficient (Wildman–Crippen LogP) is 4.73. The molecule has 0 fully saturated rings. The van der Waals surface area contributed by atoms with Crippen molar-refractivity contribution in [2.45, 2.75) is 32.6 Å². The van der Waals surface area contributed by atoms with Crippen LogP contribution in [0, 0.1) is 6.92 Å². The van der Waals surface area contributed by atoms with Gasteiger partial charge in [-0.3, -0.25) is 0 Å². The second-order valence-corrected chi connectivity index (χ2v) is 7.43. The van der Waals surface area contributed by atoms with E-state index in [9.17, 15) is 0 Å². The number of anilines is 2. The minimum absolute atomic E-state index is 0.624. The lowest BCUT2D eigenvalue weighted by Gasteiger charge is -2.21. The molecule has 2 aromatic carbocycles. The van der Waals surface area contributed by atoms with Crippen LogP contribution in [0.2, 0.25) is 0 Å². The highest BCUT2D eigenvalue weighted by Crippen LogP contribution is 2.34. The van der Waals surface area contributed by atoms with Crippen LogP contribution in [-0.4, -0.2) is 26.7 Å². The number of nitrogens with one attached hydrogen (secondary N) is 1.